The number of ether oxygens (including phenoxy) is 1. The number of nitrogens with two attached hydrogens (primary N) is 1. The molecule has 0 aliphatic heterocycles. The van der Waals surface area contributed by atoms with Gasteiger partial charge in [0, 0.05) is 17.4 Å². The number of rotatable bonds is 5. The zero-order valence-electron chi connectivity index (χ0n) is 11.9. The van der Waals surface area contributed by atoms with Crippen molar-refractivity contribution in [2.24, 2.45) is 0 Å². The van der Waals surface area contributed by atoms with Crippen LogP contribution < -0.4 is 15.8 Å². The fraction of sp³-hybridized carbons (Fsp3) is 0.200. The van der Waals surface area contributed by atoms with Crippen molar-refractivity contribution in [2.75, 3.05) is 11.1 Å². The summed E-state index contributed by atoms with van der Waals surface area (Å²) in [6, 6.07) is 12.0. The summed E-state index contributed by atoms with van der Waals surface area (Å²) in [6.45, 7) is 3.93. The highest BCUT2D eigenvalue weighted by atomic mass is 16.6. The van der Waals surface area contributed by atoms with Crippen molar-refractivity contribution in [3.63, 3.8) is 0 Å². The van der Waals surface area contributed by atoms with E-state index in [1.165, 1.54) is 12.1 Å². The maximum atomic E-state index is 10.7. The Bertz CT molecular complexity index is 639. The third-order valence-electron chi connectivity index (χ3n) is 2.74. The van der Waals surface area contributed by atoms with Crippen LogP contribution in [-0.4, -0.2) is 11.0 Å². The molecule has 110 valence electrons. The Morgan fingerprint density at radius 3 is 2.29 bits per heavy atom. The van der Waals surface area contributed by atoms with Crippen molar-refractivity contribution >= 4 is 22.7 Å². The summed E-state index contributed by atoms with van der Waals surface area (Å²) in [4.78, 5) is 10.2. The smallest absolute Gasteiger partial charge is 0.292 e. The lowest BCUT2D eigenvalue weighted by molar-refractivity contribution is -0.383. The van der Waals surface area contributed by atoms with Crippen LogP contribution in [-0.2, 0) is 0 Å². The highest BCUT2D eigenvalue weighted by molar-refractivity contribution is 5.70. The van der Waals surface area contributed by atoms with Crippen LogP contribution in [0.25, 0.3) is 0 Å². The Balaban J connectivity index is 2.11. The average molecular weight is 287 g/mol. The average Bonchev–Trinajstić information content (AvgIpc) is 2.40. The number of nitrogens with zero attached hydrogens (tertiary/aromatic N) is 1. The molecule has 0 fully saturated rings. The second-order valence-electron chi connectivity index (χ2n) is 4.85. The monoisotopic (exact) mass is 287 g/mol. The van der Waals surface area contributed by atoms with E-state index in [2.05, 4.69) is 5.32 Å². The molecule has 6 heteroatoms. The SMILES string of the molecule is CC(C)Oc1ccc(Nc2ccc([N+](=O)[O-])c(N)c2)cc1. The Morgan fingerprint density at radius 2 is 1.76 bits per heavy atom. The normalized spacial score (nSPS) is 10.4. The standard InChI is InChI=1S/C15H17N3O3/c1-10(2)21-13-6-3-11(4-7-13)17-12-5-8-15(18(19)20)14(16)9-12/h3-10,17H,16H2,1-2H3. The second-order valence-corrected chi connectivity index (χ2v) is 4.85. The Labute approximate surface area is 122 Å². The zero-order chi connectivity index (χ0) is 15.4. The summed E-state index contributed by atoms with van der Waals surface area (Å²) in [5.41, 5.74) is 7.22. The van der Waals surface area contributed by atoms with Gasteiger partial charge in [-0.15, -0.1) is 0 Å². The molecule has 0 atom stereocenters. The van der Waals surface area contributed by atoms with Crippen molar-refractivity contribution in [2.45, 2.75) is 20.0 Å². The molecule has 0 radical (unpaired) electrons. The number of nitrogens with one attached hydrogen (secondary N) is 1. The zero-order valence-corrected chi connectivity index (χ0v) is 11.9. The molecule has 0 unspecified atom stereocenters. The molecular formula is C15H17N3O3. The van der Waals surface area contributed by atoms with Crippen LogP contribution in [0.1, 0.15) is 13.8 Å². The predicted octanol–water partition coefficient (Wildman–Crippen LogP) is 3.71. The molecule has 0 bridgehead atoms. The van der Waals surface area contributed by atoms with E-state index in [1.807, 2.05) is 38.1 Å². The maximum absolute atomic E-state index is 10.7. The van der Waals surface area contributed by atoms with Crippen LogP contribution in [0, 0.1) is 10.1 Å². The highest BCUT2D eigenvalue weighted by Crippen LogP contribution is 2.27. The van der Waals surface area contributed by atoms with Crippen molar-refractivity contribution in [3.8, 4) is 5.75 Å². The number of nitro benzene ring substituents is 1. The van der Waals surface area contributed by atoms with Gasteiger partial charge in [-0.25, -0.2) is 0 Å². The van der Waals surface area contributed by atoms with Gasteiger partial charge in [-0.05, 0) is 50.2 Å². The van der Waals surface area contributed by atoms with Gasteiger partial charge in [-0.3, -0.25) is 10.1 Å². The van der Waals surface area contributed by atoms with Crippen molar-refractivity contribution in [3.05, 3.63) is 52.6 Å². The van der Waals surface area contributed by atoms with Crippen molar-refractivity contribution in [1.29, 1.82) is 0 Å². The lowest BCUT2D eigenvalue weighted by atomic mass is 10.2. The number of nitro groups is 1. The van der Waals surface area contributed by atoms with Gasteiger partial charge in [0.05, 0.1) is 11.0 Å². The lowest BCUT2D eigenvalue weighted by Gasteiger charge is -2.11. The number of anilines is 3. The van der Waals surface area contributed by atoms with Gasteiger partial charge in [0.25, 0.3) is 5.69 Å². The Kier molecular flexibility index (Phi) is 4.27. The molecule has 0 spiro atoms. The summed E-state index contributed by atoms with van der Waals surface area (Å²) in [5.74, 6) is 0.791. The van der Waals surface area contributed by atoms with Gasteiger partial charge in [0.15, 0.2) is 0 Å². The van der Waals surface area contributed by atoms with E-state index in [4.69, 9.17) is 10.5 Å². The Hall–Kier alpha value is -2.76. The largest absolute Gasteiger partial charge is 0.491 e. The number of hydrogen-bond acceptors (Lipinski definition) is 5. The molecule has 6 nitrogen and oxygen atoms in total. The van der Waals surface area contributed by atoms with E-state index in [-0.39, 0.29) is 17.5 Å². The van der Waals surface area contributed by atoms with Crippen LogP contribution in [0.5, 0.6) is 5.75 Å². The number of nitrogen functional groups attached to an aromatic ring is 1. The van der Waals surface area contributed by atoms with E-state index in [0.717, 1.165) is 11.4 Å². The molecule has 0 saturated carbocycles. The second kappa shape index (κ2) is 6.13. The molecule has 3 N–H and O–H groups in total. The van der Waals surface area contributed by atoms with Gasteiger partial charge in [-0.2, -0.15) is 0 Å². The minimum absolute atomic E-state index is 0.0961. The van der Waals surface area contributed by atoms with E-state index in [1.54, 1.807) is 6.07 Å². The molecule has 0 heterocycles. The van der Waals surface area contributed by atoms with Crippen molar-refractivity contribution < 1.29 is 9.66 Å². The molecular weight excluding hydrogens is 270 g/mol. The van der Waals surface area contributed by atoms with E-state index in [9.17, 15) is 10.1 Å². The van der Waals surface area contributed by atoms with Crippen LogP contribution in [0.3, 0.4) is 0 Å². The van der Waals surface area contributed by atoms with E-state index >= 15 is 0 Å². The molecule has 2 aromatic carbocycles. The third kappa shape index (κ3) is 3.85. The molecule has 21 heavy (non-hydrogen) atoms. The lowest BCUT2D eigenvalue weighted by Crippen LogP contribution is -2.05. The van der Waals surface area contributed by atoms with Gasteiger partial charge in [0.2, 0.25) is 0 Å². The fourth-order valence-corrected chi connectivity index (χ4v) is 1.85. The van der Waals surface area contributed by atoms with E-state index < -0.39 is 4.92 Å². The molecule has 0 aliphatic carbocycles. The van der Waals surface area contributed by atoms with Gasteiger partial charge in [-0.1, -0.05) is 0 Å². The molecule has 0 amide bonds. The van der Waals surface area contributed by atoms with Crippen LogP contribution >= 0.6 is 0 Å². The third-order valence-corrected chi connectivity index (χ3v) is 2.74. The minimum Gasteiger partial charge on any atom is -0.491 e. The number of benzene rings is 2. The van der Waals surface area contributed by atoms with Gasteiger partial charge >= 0.3 is 0 Å². The molecule has 0 saturated heterocycles. The summed E-state index contributed by atoms with van der Waals surface area (Å²) in [7, 11) is 0. The van der Waals surface area contributed by atoms with Crippen LogP contribution in [0.15, 0.2) is 42.5 Å². The summed E-state index contributed by atoms with van der Waals surface area (Å²) in [6.07, 6.45) is 0.123. The number of hydrogen-bond donors (Lipinski definition) is 2. The first-order valence-electron chi connectivity index (χ1n) is 6.53. The summed E-state index contributed by atoms with van der Waals surface area (Å²) < 4.78 is 5.56. The highest BCUT2D eigenvalue weighted by Gasteiger charge is 2.11. The molecule has 2 rings (SSSR count). The van der Waals surface area contributed by atoms with Gasteiger partial charge in [0.1, 0.15) is 11.4 Å². The molecule has 2 aromatic rings. The van der Waals surface area contributed by atoms with Crippen LogP contribution in [0.4, 0.5) is 22.7 Å². The van der Waals surface area contributed by atoms with E-state index in [0.29, 0.717) is 5.69 Å². The first-order chi connectivity index (χ1) is 9.95. The van der Waals surface area contributed by atoms with Gasteiger partial charge < -0.3 is 15.8 Å². The first kappa shape index (κ1) is 14.6. The topological polar surface area (TPSA) is 90.4 Å². The maximum Gasteiger partial charge on any atom is 0.292 e. The summed E-state index contributed by atoms with van der Waals surface area (Å²) in [5, 5.41) is 13.8. The first-order valence-corrected chi connectivity index (χ1v) is 6.53. The molecule has 0 aromatic heterocycles. The quantitative estimate of drug-likeness (QED) is 0.497. The summed E-state index contributed by atoms with van der Waals surface area (Å²) >= 11 is 0. The van der Waals surface area contributed by atoms with Crippen molar-refractivity contribution in [1.82, 2.24) is 0 Å². The molecule has 0 aliphatic rings. The Morgan fingerprint density at radius 1 is 1.14 bits per heavy atom. The fourth-order valence-electron chi connectivity index (χ4n) is 1.85. The van der Waals surface area contributed by atoms with Crippen LogP contribution in [0.2, 0.25) is 0 Å². The minimum atomic E-state index is -0.503. The predicted molar refractivity (Wildman–Crippen MR) is 83.0 cm³/mol.